The summed E-state index contributed by atoms with van der Waals surface area (Å²) in [5.74, 6) is 2.95. The van der Waals surface area contributed by atoms with Crippen LogP contribution in [0.4, 0.5) is 0 Å². The van der Waals surface area contributed by atoms with Gasteiger partial charge in [-0.2, -0.15) is 0 Å². The molecule has 118 valence electrons. The molecule has 2 aliphatic heterocycles. The molecule has 0 saturated carbocycles. The van der Waals surface area contributed by atoms with Crippen molar-refractivity contribution in [3.8, 4) is 5.75 Å². The molecule has 2 aliphatic rings. The average molecular weight is 343 g/mol. The summed E-state index contributed by atoms with van der Waals surface area (Å²) in [5.41, 5.74) is 1.16. The minimum absolute atomic E-state index is 0.0830. The highest BCUT2D eigenvalue weighted by Gasteiger charge is 2.64. The highest BCUT2D eigenvalue weighted by atomic mass is 32.2. The number of likely N-dealkylation sites (tertiary alicyclic amines) is 1. The lowest BCUT2D eigenvalue weighted by Gasteiger charge is -2.53. The molecule has 2 aromatic carbocycles. The van der Waals surface area contributed by atoms with E-state index in [4.69, 9.17) is 4.74 Å². The van der Waals surface area contributed by atoms with Gasteiger partial charge in [-0.05, 0) is 17.7 Å². The quantitative estimate of drug-likeness (QED) is 0.793. The van der Waals surface area contributed by atoms with Crippen LogP contribution in [0.5, 0.6) is 5.75 Å². The summed E-state index contributed by atoms with van der Waals surface area (Å²) < 4.78 is 5.76. The van der Waals surface area contributed by atoms with Crippen LogP contribution < -0.4 is 4.74 Å². The van der Waals surface area contributed by atoms with Crippen LogP contribution in [-0.4, -0.2) is 32.6 Å². The van der Waals surface area contributed by atoms with Crippen molar-refractivity contribution in [2.45, 2.75) is 16.9 Å². The SMILES string of the molecule is O=C1C(Oc2ccccc2)C2(SCCS2)N1Cc1ccccc1. The largest absolute Gasteiger partial charge is 0.476 e. The summed E-state index contributed by atoms with van der Waals surface area (Å²) in [4.78, 5) is 14.7. The van der Waals surface area contributed by atoms with Gasteiger partial charge in [0, 0.05) is 18.1 Å². The number of para-hydroxylation sites is 1. The highest BCUT2D eigenvalue weighted by molar-refractivity contribution is 8.21. The number of rotatable bonds is 4. The highest BCUT2D eigenvalue weighted by Crippen LogP contribution is 2.56. The van der Waals surface area contributed by atoms with Crippen molar-refractivity contribution in [2.75, 3.05) is 11.5 Å². The molecular weight excluding hydrogens is 326 g/mol. The third-order valence-corrected chi connectivity index (χ3v) is 7.56. The first-order valence-corrected chi connectivity index (χ1v) is 9.62. The number of nitrogens with zero attached hydrogens (tertiary/aromatic N) is 1. The molecule has 1 amide bonds. The van der Waals surface area contributed by atoms with Crippen LogP contribution in [0.1, 0.15) is 5.56 Å². The molecule has 0 aromatic heterocycles. The van der Waals surface area contributed by atoms with Gasteiger partial charge < -0.3 is 9.64 Å². The zero-order valence-corrected chi connectivity index (χ0v) is 14.2. The molecule has 0 N–H and O–H groups in total. The van der Waals surface area contributed by atoms with Crippen molar-refractivity contribution >= 4 is 29.4 Å². The Morgan fingerprint density at radius 2 is 1.61 bits per heavy atom. The molecule has 0 radical (unpaired) electrons. The van der Waals surface area contributed by atoms with Gasteiger partial charge in [-0.1, -0.05) is 48.5 Å². The van der Waals surface area contributed by atoms with E-state index < -0.39 is 6.10 Å². The summed E-state index contributed by atoms with van der Waals surface area (Å²) in [6, 6.07) is 19.8. The van der Waals surface area contributed by atoms with E-state index >= 15 is 0 Å². The Morgan fingerprint density at radius 1 is 1.00 bits per heavy atom. The maximum Gasteiger partial charge on any atom is 0.270 e. The molecule has 2 fully saturated rings. The van der Waals surface area contributed by atoms with Gasteiger partial charge in [0.2, 0.25) is 6.10 Å². The second kappa shape index (κ2) is 6.13. The first-order chi connectivity index (χ1) is 11.3. The minimum Gasteiger partial charge on any atom is -0.476 e. The maximum atomic E-state index is 12.7. The molecule has 2 aromatic rings. The Labute approximate surface area is 144 Å². The average Bonchev–Trinajstić information content (AvgIpc) is 3.11. The van der Waals surface area contributed by atoms with E-state index in [1.807, 2.05) is 77.0 Å². The summed E-state index contributed by atoms with van der Waals surface area (Å²) in [5, 5.41) is 0. The number of β-lactam (4-membered cyclic amide) rings is 1. The molecule has 1 atom stereocenters. The Hall–Kier alpha value is -1.59. The number of carbonyl (C=O) groups is 1. The second-order valence-electron chi connectivity index (χ2n) is 5.55. The number of hydrogen-bond acceptors (Lipinski definition) is 4. The Bertz CT molecular complexity index is 633. The number of hydrogen-bond donors (Lipinski definition) is 0. The molecule has 23 heavy (non-hydrogen) atoms. The van der Waals surface area contributed by atoms with Gasteiger partial charge in [-0.3, -0.25) is 4.79 Å². The molecule has 2 saturated heterocycles. The topological polar surface area (TPSA) is 29.5 Å². The molecule has 4 rings (SSSR count). The van der Waals surface area contributed by atoms with Crippen molar-refractivity contribution in [3.05, 3.63) is 66.2 Å². The maximum absolute atomic E-state index is 12.7. The molecule has 0 aliphatic carbocycles. The van der Waals surface area contributed by atoms with E-state index in [1.54, 1.807) is 0 Å². The second-order valence-corrected chi connectivity index (χ2v) is 8.45. The van der Waals surface area contributed by atoms with Crippen LogP contribution in [0.3, 0.4) is 0 Å². The van der Waals surface area contributed by atoms with Crippen molar-refractivity contribution in [1.29, 1.82) is 0 Å². The van der Waals surface area contributed by atoms with Crippen molar-refractivity contribution in [2.24, 2.45) is 0 Å². The Balaban J connectivity index is 1.56. The van der Waals surface area contributed by atoms with E-state index in [0.717, 1.165) is 22.8 Å². The number of thioether (sulfide) groups is 2. The monoisotopic (exact) mass is 343 g/mol. The van der Waals surface area contributed by atoms with E-state index in [2.05, 4.69) is 12.1 Å². The molecule has 1 spiro atoms. The lowest BCUT2D eigenvalue weighted by molar-refractivity contribution is -0.160. The third kappa shape index (κ3) is 2.62. The van der Waals surface area contributed by atoms with Gasteiger partial charge in [0.05, 0.1) is 0 Å². The van der Waals surface area contributed by atoms with Crippen LogP contribution in [-0.2, 0) is 11.3 Å². The summed E-state index contributed by atoms with van der Waals surface area (Å²) in [7, 11) is 0. The Kier molecular flexibility index (Phi) is 3.99. The van der Waals surface area contributed by atoms with E-state index in [-0.39, 0.29) is 10.1 Å². The van der Waals surface area contributed by atoms with Gasteiger partial charge in [-0.25, -0.2) is 0 Å². The Morgan fingerprint density at radius 3 is 2.26 bits per heavy atom. The number of benzene rings is 2. The van der Waals surface area contributed by atoms with Crippen molar-refractivity contribution < 1.29 is 9.53 Å². The molecule has 2 heterocycles. The summed E-state index contributed by atoms with van der Waals surface area (Å²) in [6.07, 6.45) is -0.397. The smallest absolute Gasteiger partial charge is 0.270 e. The van der Waals surface area contributed by atoms with Gasteiger partial charge in [0.15, 0.2) is 4.20 Å². The van der Waals surface area contributed by atoms with Crippen LogP contribution in [0.25, 0.3) is 0 Å². The molecule has 5 heteroatoms. The molecule has 3 nitrogen and oxygen atoms in total. The molecule has 1 unspecified atom stereocenters. The minimum atomic E-state index is -0.397. The zero-order chi connectivity index (χ0) is 15.7. The normalized spacial score (nSPS) is 22.2. The van der Waals surface area contributed by atoms with E-state index in [9.17, 15) is 4.79 Å². The summed E-state index contributed by atoms with van der Waals surface area (Å²) in [6.45, 7) is 0.647. The van der Waals surface area contributed by atoms with Gasteiger partial charge >= 0.3 is 0 Å². The molecule has 0 bridgehead atoms. The van der Waals surface area contributed by atoms with Crippen LogP contribution in [0.15, 0.2) is 60.7 Å². The standard InChI is InChI=1S/C18H17NO2S2/c20-17-16(21-15-9-5-2-6-10-15)18(22-11-12-23-18)19(17)13-14-7-3-1-4-8-14/h1-10,16H,11-13H2. The van der Waals surface area contributed by atoms with Crippen LogP contribution in [0.2, 0.25) is 0 Å². The molecular formula is C18H17NO2S2. The predicted octanol–water partition coefficient (Wildman–Crippen LogP) is 3.61. The lowest BCUT2D eigenvalue weighted by atomic mass is 10.1. The first-order valence-electron chi connectivity index (χ1n) is 7.65. The lowest BCUT2D eigenvalue weighted by Crippen LogP contribution is -2.71. The predicted molar refractivity (Wildman–Crippen MR) is 95.5 cm³/mol. The van der Waals surface area contributed by atoms with E-state index in [0.29, 0.717) is 6.54 Å². The first kappa shape index (κ1) is 15.0. The fourth-order valence-corrected chi connectivity index (χ4v) is 6.27. The fourth-order valence-electron chi connectivity index (χ4n) is 2.97. The number of amides is 1. The van der Waals surface area contributed by atoms with Crippen molar-refractivity contribution in [3.63, 3.8) is 0 Å². The van der Waals surface area contributed by atoms with Crippen LogP contribution in [0, 0.1) is 0 Å². The number of ether oxygens (including phenoxy) is 1. The van der Waals surface area contributed by atoms with Gasteiger partial charge in [0.1, 0.15) is 5.75 Å². The third-order valence-electron chi connectivity index (χ3n) is 4.08. The fraction of sp³-hybridized carbons (Fsp3) is 0.278. The van der Waals surface area contributed by atoms with Gasteiger partial charge in [0.25, 0.3) is 5.91 Å². The number of carbonyl (C=O) groups excluding carboxylic acids is 1. The summed E-state index contributed by atoms with van der Waals surface area (Å²) >= 11 is 3.67. The zero-order valence-electron chi connectivity index (χ0n) is 12.6. The van der Waals surface area contributed by atoms with Crippen molar-refractivity contribution in [1.82, 2.24) is 4.90 Å². The van der Waals surface area contributed by atoms with Crippen LogP contribution >= 0.6 is 23.5 Å². The van der Waals surface area contributed by atoms with E-state index in [1.165, 1.54) is 0 Å². The van der Waals surface area contributed by atoms with Gasteiger partial charge in [-0.15, -0.1) is 23.5 Å².